The van der Waals surface area contributed by atoms with Crippen LogP contribution in [0.4, 0.5) is 5.82 Å². The number of amides is 1. The molecule has 0 unspecified atom stereocenters. The Balaban J connectivity index is 1.96. The molecule has 0 radical (unpaired) electrons. The average Bonchev–Trinajstić information content (AvgIpc) is 2.85. The molecule has 1 heterocycles. The van der Waals surface area contributed by atoms with Crippen molar-refractivity contribution in [2.45, 2.75) is 39.0 Å². The van der Waals surface area contributed by atoms with Crippen LogP contribution in [0.2, 0.25) is 0 Å². The third kappa shape index (κ3) is 2.78. The lowest BCUT2D eigenvalue weighted by Gasteiger charge is -2.27. The van der Waals surface area contributed by atoms with E-state index in [2.05, 4.69) is 22.2 Å². The Hall–Kier alpha value is -1.65. The highest BCUT2D eigenvalue weighted by atomic mass is 16.1. The summed E-state index contributed by atoms with van der Waals surface area (Å²) in [4.78, 5) is 19.8. The van der Waals surface area contributed by atoms with E-state index in [1.54, 1.807) is 0 Å². The van der Waals surface area contributed by atoms with E-state index < -0.39 is 0 Å². The highest BCUT2D eigenvalue weighted by Gasteiger charge is 2.32. The van der Waals surface area contributed by atoms with Gasteiger partial charge in [-0.3, -0.25) is 9.78 Å². The van der Waals surface area contributed by atoms with E-state index in [1.165, 1.54) is 38.1 Å². The number of anilines is 1. The molecule has 98 valence electrons. The Bertz CT molecular complexity index is 427. The lowest BCUT2D eigenvalue weighted by Crippen LogP contribution is -2.36. The maximum atomic E-state index is 11.9. The average molecular weight is 248 g/mol. The Morgan fingerprint density at radius 1 is 1.44 bits per heavy atom. The van der Waals surface area contributed by atoms with E-state index in [1.807, 2.05) is 0 Å². The lowest BCUT2D eigenvalue weighted by molar-refractivity contribution is 0.0923. The van der Waals surface area contributed by atoms with Crippen molar-refractivity contribution in [2.75, 3.05) is 12.3 Å². The first-order chi connectivity index (χ1) is 8.65. The van der Waals surface area contributed by atoms with Crippen LogP contribution in [-0.2, 0) is 0 Å². The van der Waals surface area contributed by atoms with Crippen LogP contribution in [-0.4, -0.2) is 22.4 Å². The van der Waals surface area contributed by atoms with Crippen LogP contribution in [0.15, 0.2) is 12.4 Å². The van der Waals surface area contributed by atoms with Crippen LogP contribution in [0, 0.1) is 5.41 Å². The van der Waals surface area contributed by atoms with Gasteiger partial charge < -0.3 is 11.1 Å². The quantitative estimate of drug-likeness (QED) is 0.850. The third-order valence-electron chi connectivity index (χ3n) is 3.92. The predicted octanol–water partition coefficient (Wildman–Crippen LogP) is 1.76. The summed E-state index contributed by atoms with van der Waals surface area (Å²) < 4.78 is 0. The number of carbonyl (C=O) groups is 1. The first-order valence-corrected chi connectivity index (χ1v) is 6.51. The Kier molecular flexibility index (Phi) is 3.79. The second-order valence-electron chi connectivity index (χ2n) is 5.07. The number of aromatic nitrogens is 2. The minimum absolute atomic E-state index is 0.186. The molecule has 18 heavy (non-hydrogen) atoms. The number of nitrogens with two attached hydrogens (primary N) is 1. The first kappa shape index (κ1) is 12.8. The number of carbonyl (C=O) groups excluding carboxylic acids is 1. The van der Waals surface area contributed by atoms with Crippen LogP contribution < -0.4 is 11.1 Å². The van der Waals surface area contributed by atoms with Crippen LogP contribution in [0.3, 0.4) is 0 Å². The zero-order chi connectivity index (χ0) is 13.0. The zero-order valence-corrected chi connectivity index (χ0v) is 10.8. The summed E-state index contributed by atoms with van der Waals surface area (Å²) in [5.41, 5.74) is 6.09. The summed E-state index contributed by atoms with van der Waals surface area (Å²) in [6.07, 6.45) is 8.92. The van der Waals surface area contributed by atoms with E-state index >= 15 is 0 Å². The molecule has 1 amide bonds. The predicted molar refractivity (Wildman–Crippen MR) is 70.0 cm³/mol. The molecule has 1 fully saturated rings. The molecule has 1 saturated carbocycles. The molecule has 1 aromatic rings. The number of nitrogen functional groups attached to an aromatic ring is 1. The van der Waals surface area contributed by atoms with Gasteiger partial charge in [0.1, 0.15) is 11.5 Å². The number of nitrogens with zero attached hydrogens (tertiary/aromatic N) is 2. The van der Waals surface area contributed by atoms with Gasteiger partial charge in [-0.05, 0) is 24.7 Å². The fourth-order valence-electron chi connectivity index (χ4n) is 2.63. The van der Waals surface area contributed by atoms with Gasteiger partial charge in [-0.15, -0.1) is 0 Å². The second-order valence-corrected chi connectivity index (χ2v) is 5.07. The minimum Gasteiger partial charge on any atom is -0.382 e. The van der Waals surface area contributed by atoms with Crippen LogP contribution in [0.1, 0.15) is 49.5 Å². The number of nitrogens with one attached hydrogen (secondary N) is 1. The van der Waals surface area contributed by atoms with Crippen LogP contribution >= 0.6 is 0 Å². The summed E-state index contributed by atoms with van der Waals surface area (Å²) in [5, 5.41) is 2.96. The van der Waals surface area contributed by atoms with Gasteiger partial charge in [0.25, 0.3) is 5.91 Å². The van der Waals surface area contributed by atoms with Crippen molar-refractivity contribution in [1.82, 2.24) is 15.3 Å². The van der Waals surface area contributed by atoms with Crippen molar-refractivity contribution in [2.24, 2.45) is 5.41 Å². The van der Waals surface area contributed by atoms with Gasteiger partial charge in [-0.25, -0.2) is 4.98 Å². The van der Waals surface area contributed by atoms with Crippen molar-refractivity contribution >= 4 is 11.7 Å². The maximum Gasteiger partial charge on any atom is 0.271 e. The molecule has 1 aliphatic rings. The molecule has 5 nitrogen and oxygen atoms in total. The molecule has 5 heteroatoms. The molecular formula is C13H20N4O. The zero-order valence-electron chi connectivity index (χ0n) is 10.8. The summed E-state index contributed by atoms with van der Waals surface area (Å²) in [6, 6.07) is 0. The number of hydrogen-bond acceptors (Lipinski definition) is 4. The van der Waals surface area contributed by atoms with E-state index in [-0.39, 0.29) is 17.1 Å². The van der Waals surface area contributed by atoms with E-state index in [4.69, 9.17) is 5.73 Å². The lowest BCUT2D eigenvalue weighted by atomic mass is 9.83. The summed E-state index contributed by atoms with van der Waals surface area (Å²) in [7, 11) is 0. The molecule has 1 aromatic heterocycles. The monoisotopic (exact) mass is 248 g/mol. The van der Waals surface area contributed by atoms with Crippen molar-refractivity contribution in [3.8, 4) is 0 Å². The van der Waals surface area contributed by atoms with Gasteiger partial charge in [0.05, 0.1) is 12.4 Å². The van der Waals surface area contributed by atoms with Crippen molar-refractivity contribution < 1.29 is 4.79 Å². The molecule has 1 aliphatic carbocycles. The highest BCUT2D eigenvalue weighted by Crippen LogP contribution is 2.40. The van der Waals surface area contributed by atoms with Crippen molar-refractivity contribution in [3.05, 3.63) is 18.1 Å². The SMILES string of the molecule is CCC1(CNC(=O)c2cncc(N)n2)CCCC1. The smallest absolute Gasteiger partial charge is 0.271 e. The topological polar surface area (TPSA) is 80.9 Å². The largest absolute Gasteiger partial charge is 0.382 e. The molecule has 3 N–H and O–H groups in total. The summed E-state index contributed by atoms with van der Waals surface area (Å²) >= 11 is 0. The van der Waals surface area contributed by atoms with E-state index in [0.717, 1.165) is 13.0 Å². The summed E-state index contributed by atoms with van der Waals surface area (Å²) in [6.45, 7) is 2.91. The van der Waals surface area contributed by atoms with E-state index in [0.29, 0.717) is 5.69 Å². The second kappa shape index (κ2) is 5.33. The van der Waals surface area contributed by atoms with Gasteiger partial charge in [0.2, 0.25) is 0 Å². The molecule has 0 atom stereocenters. The fraction of sp³-hybridized carbons (Fsp3) is 0.615. The molecule has 2 rings (SSSR count). The maximum absolute atomic E-state index is 11.9. The standard InChI is InChI=1S/C13H20N4O/c1-2-13(5-3-4-6-13)9-16-12(18)10-7-15-8-11(14)17-10/h7-8H,2-6,9H2,1H3,(H2,14,17)(H,16,18). The molecule has 0 aliphatic heterocycles. The fourth-order valence-corrected chi connectivity index (χ4v) is 2.63. The molecule has 0 spiro atoms. The van der Waals surface area contributed by atoms with Crippen molar-refractivity contribution in [3.63, 3.8) is 0 Å². The Morgan fingerprint density at radius 2 is 2.17 bits per heavy atom. The first-order valence-electron chi connectivity index (χ1n) is 6.51. The Labute approximate surface area is 107 Å². The highest BCUT2D eigenvalue weighted by molar-refractivity contribution is 5.92. The normalized spacial score (nSPS) is 17.6. The van der Waals surface area contributed by atoms with Gasteiger partial charge in [0.15, 0.2) is 0 Å². The van der Waals surface area contributed by atoms with Gasteiger partial charge in [-0.1, -0.05) is 19.8 Å². The minimum atomic E-state index is -0.186. The summed E-state index contributed by atoms with van der Waals surface area (Å²) in [5.74, 6) is 0.0863. The molecule has 0 aromatic carbocycles. The molecule has 0 bridgehead atoms. The third-order valence-corrected chi connectivity index (χ3v) is 3.92. The molecule has 0 saturated heterocycles. The number of rotatable bonds is 4. The van der Waals surface area contributed by atoms with Crippen LogP contribution in [0.25, 0.3) is 0 Å². The van der Waals surface area contributed by atoms with Gasteiger partial charge in [-0.2, -0.15) is 0 Å². The van der Waals surface area contributed by atoms with Gasteiger partial charge >= 0.3 is 0 Å². The number of hydrogen-bond donors (Lipinski definition) is 2. The molecular weight excluding hydrogens is 228 g/mol. The van der Waals surface area contributed by atoms with Crippen molar-refractivity contribution in [1.29, 1.82) is 0 Å². The Morgan fingerprint density at radius 3 is 2.78 bits per heavy atom. The van der Waals surface area contributed by atoms with Gasteiger partial charge in [0, 0.05) is 6.54 Å². The van der Waals surface area contributed by atoms with E-state index in [9.17, 15) is 4.79 Å². The van der Waals surface area contributed by atoms with Crippen LogP contribution in [0.5, 0.6) is 0 Å².